The molecule has 0 saturated heterocycles. The van der Waals surface area contributed by atoms with Crippen LogP contribution in [0.15, 0.2) is 54.0 Å². The van der Waals surface area contributed by atoms with Crippen molar-refractivity contribution in [1.82, 2.24) is 19.1 Å². The van der Waals surface area contributed by atoms with Gasteiger partial charge in [-0.2, -0.15) is 0 Å². The first-order chi connectivity index (χ1) is 9.72. The summed E-state index contributed by atoms with van der Waals surface area (Å²) in [5, 5.41) is 0. The van der Waals surface area contributed by atoms with E-state index in [9.17, 15) is 4.79 Å². The van der Waals surface area contributed by atoms with Crippen LogP contribution in [0.25, 0.3) is 17.0 Å². The Labute approximate surface area is 115 Å². The van der Waals surface area contributed by atoms with E-state index < -0.39 is 0 Å². The van der Waals surface area contributed by atoms with Crippen molar-refractivity contribution >= 4 is 11.2 Å². The first-order valence-corrected chi connectivity index (χ1v) is 6.33. The maximum absolute atomic E-state index is 12.6. The lowest BCUT2D eigenvalue weighted by atomic mass is 10.3. The third-order valence-corrected chi connectivity index (χ3v) is 3.11. The van der Waals surface area contributed by atoms with Crippen LogP contribution in [-0.2, 0) is 6.54 Å². The largest absolute Gasteiger partial charge is 0.336 e. The Hall–Kier alpha value is -2.69. The highest BCUT2D eigenvalue weighted by atomic mass is 16.1. The van der Waals surface area contributed by atoms with Crippen LogP contribution in [0, 0.1) is 6.92 Å². The molecule has 0 atom stereocenters. The molecule has 3 aromatic rings. The normalized spacial score (nSPS) is 10.8. The zero-order valence-corrected chi connectivity index (χ0v) is 11.2. The predicted octanol–water partition coefficient (Wildman–Crippen LogP) is 2.08. The summed E-state index contributed by atoms with van der Waals surface area (Å²) in [7, 11) is 0. The molecule has 0 radical (unpaired) electrons. The fourth-order valence-corrected chi connectivity index (χ4v) is 2.25. The third kappa shape index (κ3) is 1.84. The molecule has 0 spiro atoms. The molecule has 0 aliphatic heterocycles. The molecular formula is C15H14N4O. The molecule has 0 unspecified atom stereocenters. The van der Waals surface area contributed by atoms with Crippen LogP contribution in [-0.4, -0.2) is 19.1 Å². The highest BCUT2D eigenvalue weighted by Gasteiger charge is 2.15. The van der Waals surface area contributed by atoms with Gasteiger partial charge in [-0.05, 0) is 31.2 Å². The van der Waals surface area contributed by atoms with Gasteiger partial charge in [0.05, 0.1) is 5.52 Å². The Morgan fingerprint density at radius 1 is 1.30 bits per heavy atom. The van der Waals surface area contributed by atoms with Crippen LogP contribution >= 0.6 is 0 Å². The number of allylic oxidation sites excluding steroid dienone is 1. The van der Waals surface area contributed by atoms with Crippen LogP contribution in [0.3, 0.4) is 0 Å². The lowest BCUT2D eigenvalue weighted by Crippen LogP contribution is -2.23. The number of imidazole rings is 1. The van der Waals surface area contributed by atoms with Gasteiger partial charge in [0.2, 0.25) is 0 Å². The van der Waals surface area contributed by atoms with Crippen LogP contribution in [0.4, 0.5) is 0 Å². The predicted molar refractivity (Wildman–Crippen MR) is 78.1 cm³/mol. The van der Waals surface area contributed by atoms with Gasteiger partial charge >= 0.3 is 5.69 Å². The van der Waals surface area contributed by atoms with Gasteiger partial charge in [0.25, 0.3) is 0 Å². The summed E-state index contributed by atoms with van der Waals surface area (Å²) in [4.78, 5) is 21.3. The van der Waals surface area contributed by atoms with E-state index in [4.69, 9.17) is 0 Å². The summed E-state index contributed by atoms with van der Waals surface area (Å²) in [5.74, 6) is 0.585. The quantitative estimate of drug-likeness (QED) is 0.682. The summed E-state index contributed by atoms with van der Waals surface area (Å²) in [5.41, 5.74) is 2.09. The van der Waals surface area contributed by atoms with Crippen molar-refractivity contribution in [3.8, 4) is 5.82 Å². The van der Waals surface area contributed by atoms with Gasteiger partial charge < -0.3 is 0 Å². The second-order valence-corrected chi connectivity index (χ2v) is 4.50. The smallest absolute Gasteiger partial charge is 0.286 e. The maximum atomic E-state index is 12.6. The van der Waals surface area contributed by atoms with E-state index in [0.717, 1.165) is 11.2 Å². The maximum Gasteiger partial charge on any atom is 0.336 e. The van der Waals surface area contributed by atoms with Crippen molar-refractivity contribution in [3.05, 3.63) is 65.4 Å². The molecule has 0 fully saturated rings. The van der Waals surface area contributed by atoms with Crippen molar-refractivity contribution in [3.63, 3.8) is 0 Å². The molecule has 20 heavy (non-hydrogen) atoms. The highest BCUT2D eigenvalue weighted by molar-refractivity contribution is 5.73. The first kappa shape index (κ1) is 12.3. The fourth-order valence-electron chi connectivity index (χ4n) is 2.25. The Bertz CT molecular complexity index is 844. The van der Waals surface area contributed by atoms with Gasteiger partial charge in [-0.25, -0.2) is 19.3 Å². The summed E-state index contributed by atoms with van der Waals surface area (Å²) in [6.45, 7) is 6.03. The molecule has 0 aliphatic carbocycles. The molecule has 0 saturated carbocycles. The van der Waals surface area contributed by atoms with Crippen molar-refractivity contribution in [1.29, 1.82) is 0 Å². The number of hydrogen-bond donors (Lipinski definition) is 0. The van der Waals surface area contributed by atoms with Gasteiger partial charge in [-0.3, -0.25) is 4.57 Å². The second-order valence-electron chi connectivity index (χ2n) is 4.50. The minimum absolute atomic E-state index is 0.156. The van der Waals surface area contributed by atoms with E-state index in [1.807, 2.05) is 31.2 Å². The number of aromatic nitrogens is 4. The molecule has 0 aromatic carbocycles. The first-order valence-electron chi connectivity index (χ1n) is 6.33. The zero-order chi connectivity index (χ0) is 14.1. The van der Waals surface area contributed by atoms with E-state index in [1.54, 1.807) is 22.9 Å². The summed E-state index contributed by atoms with van der Waals surface area (Å²) >= 11 is 0. The van der Waals surface area contributed by atoms with E-state index in [1.165, 1.54) is 4.57 Å². The van der Waals surface area contributed by atoms with E-state index in [0.29, 0.717) is 18.0 Å². The summed E-state index contributed by atoms with van der Waals surface area (Å²) < 4.78 is 3.17. The average molecular weight is 266 g/mol. The van der Waals surface area contributed by atoms with Gasteiger partial charge in [-0.1, -0.05) is 12.1 Å². The lowest BCUT2D eigenvalue weighted by molar-refractivity contribution is 0.774. The Morgan fingerprint density at radius 2 is 2.15 bits per heavy atom. The molecular weight excluding hydrogens is 252 g/mol. The van der Waals surface area contributed by atoms with E-state index >= 15 is 0 Å². The van der Waals surface area contributed by atoms with Gasteiger partial charge in [0, 0.05) is 18.4 Å². The summed E-state index contributed by atoms with van der Waals surface area (Å²) in [6.07, 6.45) is 3.37. The number of fused-ring (bicyclic) bond motifs is 1. The fraction of sp³-hybridized carbons (Fsp3) is 0.133. The molecule has 0 bridgehead atoms. The van der Waals surface area contributed by atoms with Crippen LogP contribution in [0.1, 0.15) is 5.69 Å². The van der Waals surface area contributed by atoms with E-state index in [2.05, 4.69) is 16.5 Å². The number of hydrogen-bond acceptors (Lipinski definition) is 3. The van der Waals surface area contributed by atoms with Crippen molar-refractivity contribution in [2.24, 2.45) is 0 Å². The van der Waals surface area contributed by atoms with E-state index in [-0.39, 0.29) is 5.69 Å². The number of pyridine rings is 2. The molecule has 0 amide bonds. The monoisotopic (exact) mass is 266 g/mol. The Morgan fingerprint density at radius 3 is 2.90 bits per heavy atom. The number of aryl methyl sites for hydroxylation is 1. The topological polar surface area (TPSA) is 52.7 Å². The average Bonchev–Trinajstić information content (AvgIpc) is 2.72. The standard InChI is InChI=1S/C15H14N4O/c1-3-10-18-12-7-5-9-16-14(12)19(15(18)20)13-8-4-6-11(2)17-13/h3-9H,1,10H2,2H3. The van der Waals surface area contributed by atoms with Gasteiger partial charge in [-0.15, -0.1) is 6.58 Å². The second kappa shape index (κ2) is 4.77. The molecule has 3 heterocycles. The van der Waals surface area contributed by atoms with Crippen molar-refractivity contribution in [2.45, 2.75) is 13.5 Å². The van der Waals surface area contributed by atoms with Crippen molar-refractivity contribution < 1.29 is 0 Å². The summed E-state index contributed by atoms with van der Waals surface area (Å²) in [6, 6.07) is 9.27. The minimum atomic E-state index is -0.156. The van der Waals surface area contributed by atoms with Crippen LogP contribution in [0.2, 0.25) is 0 Å². The van der Waals surface area contributed by atoms with Gasteiger partial charge in [0.1, 0.15) is 5.82 Å². The number of rotatable bonds is 3. The Balaban J connectivity index is 2.39. The molecule has 5 nitrogen and oxygen atoms in total. The van der Waals surface area contributed by atoms with Crippen LogP contribution in [0.5, 0.6) is 0 Å². The Kier molecular flexibility index (Phi) is 2.95. The van der Waals surface area contributed by atoms with Crippen molar-refractivity contribution in [2.75, 3.05) is 0 Å². The SMILES string of the molecule is C=CCn1c(=O)n(-c2cccc(C)n2)c2ncccc21. The highest BCUT2D eigenvalue weighted by Crippen LogP contribution is 2.14. The molecule has 3 rings (SSSR count). The van der Waals surface area contributed by atoms with Gasteiger partial charge in [0.15, 0.2) is 5.65 Å². The zero-order valence-electron chi connectivity index (χ0n) is 11.2. The van der Waals surface area contributed by atoms with Crippen LogP contribution < -0.4 is 5.69 Å². The molecule has 5 heteroatoms. The molecule has 0 aliphatic rings. The molecule has 100 valence electrons. The molecule has 0 N–H and O–H groups in total. The minimum Gasteiger partial charge on any atom is -0.286 e. The number of nitrogens with zero attached hydrogens (tertiary/aromatic N) is 4. The molecule has 3 aromatic heterocycles. The lowest BCUT2D eigenvalue weighted by Gasteiger charge is -2.02. The third-order valence-electron chi connectivity index (χ3n) is 3.11.